The van der Waals surface area contributed by atoms with Crippen molar-refractivity contribution in [3.8, 4) is 0 Å². The maximum absolute atomic E-state index is 3.39. The summed E-state index contributed by atoms with van der Waals surface area (Å²) in [6, 6.07) is 8.54. The molecule has 0 saturated heterocycles. The van der Waals surface area contributed by atoms with Gasteiger partial charge in [-0.2, -0.15) is 0 Å². The van der Waals surface area contributed by atoms with Crippen molar-refractivity contribution in [2.24, 2.45) is 0 Å². The molecule has 1 heterocycles. The van der Waals surface area contributed by atoms with E-state index in [1.165, 1.54) is 28.0 Å². The summed E-state index contributed by atoms with van der Waals surface area (Å²) in [6.07, 6.45) is 17.0. The molecule has 0 spiro atoms. The summed E-state index contributed by atoms with van der Waals surface area (Å²) in [6.45, 7) is 2.21. The highest BCUT2D eigenvalue weighted by atomic mass is 14.8. The summed E-state index contributed by atoms with van der Waals surface area (Å²) < 4.78 is 0. The monoisotopic (exact) mass is 261 g/mol. The molecule has 0 amide bonds. The highest BCUT2D eigenvalue weighted by Crippen LogP contribution is 2.35. The molecule has 100 valence electrons. The Hall–Kier alpha value is -2.28. The van der Waals surface area contributed by atoms with Crippen molar-refractivity contribution < 1.29 is 0 Å². The molecule has 1 heteroatoms. The smallest absolute Gasteiger partial charge is 0.0456 e. The molecule has 1 aromatic carbocycles. The summed E-state index contributed by atoms with van der Waals surface area (Å²) >= 11 is 0. The van der Waals surface area contributed by atoms with Crippen LogP contribution in [0.2, 0.25) is 0 Å². The van der Waals surface area contributed by atoms with Crippen molar-refractivity contribution in [3.63, 3.8) is 0 Å². The van der Waals surface area contributed by atoms with Crippen molar-refractivity contribution in [2.75, 3.05) is 5.32 Å². The lowest BCUT2D eigenvalue weighted by Crippen LogP contribution is -2.00. The van der Waals surface area contributed by atoms with E-state index in [0.29, 0.717) is 0 Å². The summed E-state index contributed by atoms with van der Waals surface area (Å²) in [7, 11) is 0. The van der Waals surface area contributed by atoms with Gasteiger partial charge in [0.1, 0.15) is 0 Å². The number of anilines is 1. The Kier molecular flexibility index (Phi) is 3.69. The van der Waals surface area contributed by atoms with Crippen LogP contribution in [0.1, 0.15) is 25.3 Å². The van der Waals surface area contributed by atoms with Crippen molar-refractivity contribution >= 4 is 11.3 Å². The molecule has 1 aliphatic heterocycles. The predicted octanol–water partition coefficient (Wildman–Crippen LogP) is 5.23. The van der Waals surface area contributed by atoms with Crippen LogP contribution in [0, 0.1) is 0 Å². The molecule has 1 aliphatic carbocycles. The minimum absolute atomic E-state index is 1.11. The SMILES string of the molecule is CC1=CC2=C(CC1)c1ccccc1N/C=C/C=C\C=C/2. The van der Waals surface area contributed by atoms with E-state index in [9.17, 15) is 0 Å². The maximum atomic E-state index is 3.39. The second-order valence-electron chi connectivity index (χ2n) is 5.22. The van der Waals surface area contributed by atoms with Gasteiger partial charge in [-0.3, -0.25) is 0 Å². The standard InChI is InChI=1S/C19H19N/c1-15-11-12-17-16(14-15)8-4-2-3-7-13-20-19-10-6-5-9-18(17)19/h2-10,13-14,20H,11-12H2,1H3/b3-2-,8-4-,13-7+. The molecule has 0 saturated carbocycles. The summed E-state index contributed by atoms with van der Waals surface area (Å²) in [5.41, 5.74) is 6.69. The highest BCUT2D eigenvalue weighted by Gasteiger charge is 2.14. The van der Waals surface area contributed by atoms with Crippen LogP contribution in [0.15, 0.2) is 78.1 Å². The van der Waals surface area contributed by atoms with Gasteiger partial charge in [-0.1, -0.05) is 54.2 Å². The van der Waals surface area contributed by atoms with Crippen LogP contribution in [-0.2, 0) is 0 Å². The lowest BCUT2D eigenvalue weighted by atomic mass is 9.87. The fraction of sp³-hybridized carbons (Fsp3) is 0.158. The van der Waals surface area contributed by atoms with Gasteiger partial charge in [0.15, 0.2) is 0 Å². The second-order valence-corrected chi connectivity index (χ2v) is 5.22. The first-order chi connectivity index (χ1) is 9.84. The molecule has 20 heavy (non-hydrogen) atoms. The van der Waals surface area contributed by atoms with Gasteiger partial charge in [0.05, 0.1) is 0 Å². The lowest BCUT2D eigenvalue weighted by Gasteiger charge is -2.19. The van der Waals surface area contributed by atoms with Crippen LogP contribution in [0.3, 0.4) is 0 Å². The quantitative estimate of drug-likeness (QED) is 0.674. The van der Waals surface area contributed by atoms with Crippen LogP contribution >= 0.6 is 0 Å². The number of fused-ring (bicyclic) bond motifs is 2. The Morgan fingerprint density at radius 2 is 1.80 bits per heavy atom. The van der Waals surface area contributed by atoms with E-state index in [0.717, 1.165) is 12.8 Å². The average Bonchev–Trinajstić information content (AvgIpc) is 2.50. The third-order valence-electron chi connectivity index (χ3n) is 3.72. The lowest BCUT2D eigenvalue weighted by molar-refractivity contribution is 0.969. The van der Waals surface area contributed by atoms with E-state index >= 15 is 0 Å². The molecule has 0 atom stereocenters. The Balaban J connectivity index is 2.18. The molecule has 1 N–H and O–H groups in total. The minimum Gasteiger partial charge on any atom is -0.361 e. The predicted molar refractivity (Wildman–Crippen MR) is 87.4 cm³/mol. The van der Waals surface area contributed by atoms with Crippen LogP contribution < -0.4 is 5.32 Å². The normalized spacial score (nSPS) is 22.6. The molecule has 1 nitrogen and oxygen atoms in total. The third kappa shape index (κ3) is 2.67. The van der Waals surface area contributed by atoms with Gasteiger partial charge in [-0.05, 0) is 43.1 Å². The van der Waals surface area contributed by atoms with Crippen LogP contribution in [0.25, 0.3) is 5.57 Å². The number of allylic oxidation sites excluding steroid dienone is 9. The molecule has 0 bridgehead atoms. The number of para-hydroxylation sites is 1. The fourth-order valence-corrected chi connectivity index (χ4v) is 2.68. The van der Waals surface area contributed by atoms with Gasteiger partial charge in [0.25, 0.3) is 0 Å². The Labute approximate surface area is 120 Å². The van der Waals surface area contributed by atoms with Crippen molar-refractivity contribution in [1.82, 2.24) is 0 Å². The van der Waals surface area contributed by atoms with Gasteiger partial charge in [-0.25, -0.2) is 0 Å². The number of nitrogens with one attached hydrogen (secondary N) is 1. The average molecular weight is 261 g/mol. The van der Waals surface area contributed by atoms with Crippen LogP contribution in [0.4, 0.5) is 5.69 Å². The summed E-state index contributed by atoms with van der Waals surface area (Å²) in [4.78, 5) is 0. The van der Waals surface area contributed by atoms with E-state index < -0.39 is 0 Å². The Bertz CT molecular complexity index is 654. The zero-order chi connectivity index (χ0) is 13.8. The van der Waals surface area contributed by atoms with E-state index in [-0.39, 0.29) is 0 Å². The van der Waals surface area contributed by atoms with Crippen molar-refractivity contribution in [3.05, 3.63) is 83.6 Å². The zero-order valence-electron chi connectivity index (χ0n) is 11.8. The molecule has 0 aromatic heterocycles. The van der Waals surface area contributed by atoms with Gasteiger partial charge in [0, 0.05) is 17.5 Å². The largest absolute Gasteiger partial charge is 0.361 e. The van der Waals surface area contributed by atoms with Gasteiger partial charge < -0.3 is 5.32 Å². The van der Waals surface area contributed by atoms with Crippen molar-refractivity contribution in [2.45, 2.75) is 19.8 Å². The van der Waals surface area contributed by atoms with E-state index in [1.807, 2.05) is 18.4 Å². The van der Waals surface area contributed by atoms with E-state index in [4.69, 9.17) is 0 Å². The zero-order valence-corrected chi connectivity index (χ0v) is 11.8. The third-order valence-corrected chi connectivity index (χ3v) is 3.72. The van der Waals surface area contributed by atoms with E-state index in [2.05, 4.69) is 60.8 Å². The van der Waals surface area contributed by atoms with Gasteiger partial charge in [-0.15, -0.1) is 0 Å². The first-order valence-corrected chi connectivity index (χ1v) is 7.11. The Morgan fingerprint density at radius 1 is 0.950 bits per heavy atom. The second kappa shape index (κ2) is 5.79. The molecule has 0 radical (unpaired) electrons. The first kappa shape index (κ1) is 12.7. The van der Waals surface area contributed by atoms with E-state index in [1.54, 1.807) is 0 Å². The number of rotatable bonds is 0. The van der Waals surface area contributed by atoms with Crippen LogP contribution in [-0.4, -0.2) is 0 Å². The molecule has 0 fully saturated rings. The van der Waals surface area contributed by atoms with Crippen molar-refractivity contribution in [1.29, 1.82) is 0 Å². The van der Waals surface area contributed by atoms with Gasteiger partial charge >= 0.3 is 0 Å². The number of hydrogen-bond acceptors (Lipinski definition) is 1. The first-order valence-electron chi connectivity index (χ1n) is 7.11. The molecular formula is C19H19N. The maximum Gasteiger partial charge on any atom is 0.0456 e. The topological polar surface area (TPSA) is 12.0 Å². The summed E-state index contributed by atoms with van der Waals surface area (Å²) in [5.74, 6) is 0. The minimum atomic E-state index is 1.11. The molecule has 1 aromatic rings. The molecule has 2 aliphatic rings. The molecular weight excluding hydrogens is 242 g/mol. The molecule has 3 rings (SSSR count). The van der Waals surface area contributed by atoms with Gasteiger partial charge in [0.2, 0.25) is 0 Å². The Morgan fingerprint density at radius 3 is 2.75 bits per heavy atom. The number of hydrogen-bond donors (Lipinski definition) is 1. The number of benzene rings is 1. The van der Waals surface area contributed by atoms with Crippen LogP contribution in [0.5, 0.6) is 0 Å². The summed E-state index contributed by atoms with van der Waals surface area (Å²) in [5, 5.41) is 3.39. The highest BCUT2D eigenvalue weighted by molar-refractivity contribution is 5.82. The fourth-order valence-electron chi connectivity index (χ4n) is 2.68. The molecule has 0 unspecified atom stereocenters.